The van der Waals surface area contributed by atoms with Crippen LogP contribution in [0.3, 0.4) is 0 Å². The van der Waals surface area contributed by atoms with Gasteiger partial charge in [0.1, 0.15) is 5.75 Å². The maximum atomic E-state index is 5.76. The Morgan fingerprint density at radius 3 is 2.95 bits per heavy atom. The first-order valence-electron chi connectivity index (χ1n) is 7.47. The van der Waals surface area contributed by atoms with Crippen molar-refractivity contribution >= 4 is 0 Å². The first-order valence-corrected chi connectivity index (χ1v) is 7.47. The topological polar surface area (TPSA) is 60.2 Å². The molecule has 1 aromatic heterocycles. The summed E-state index contributed by atoms with van der Waals surface area (Å²) in [6.07, 6.45) is 4.46. The Morgan fingerprint density at radius 1 is 1.33 bits per heavy atom. The molecule has 0 radical (unpaired) electrons. The molecule has 1 aliphatic carbocycles. The van der Waals surface area contributed by atoms with E-state index in [-0.39, 0.29) is 0 Å². The van der Waals surface area contributed by atoms with E-state index in [1.54, 1.807) is 7.11 Å². The largest absolute Gasteiger partial charge is 0.496 e. The van der Waals surface area contributed by atoms with Gasteiger partial charge in [-0.3, -0.25) is 0 Å². The normalized spacial score (nSPS) is 14.4. The van der Waals surface area contributed by atoms with Crippen LogP contribution in [0, 0.1) is 6.92 Å². The number of hydrogen-bond acceptors (Lipinski definition) is 5. The van der Waals surface area contributed by atoms with Crippen molar-refractivity contribution in [1.82, 2.24) is 15.5 Å². The second-order valence-corrected chi connectivity index (χ2v) is 5.54. The van der Waals surface area contributed by atoms with Gasteiger partial charge in [0.2, 0.25) is 5.89 Å². The molecule has 1 N–H and O–H groups in total. The number of aryl methyl sites for hydroxylation is 2. The molecule has 0 aliphatic heterocycles. The summed E-state index contributed by atoms with van der Waals surface area (Å²) in [4.78, 5) is 0. The zero-order valence-corrected chi connectivity index (χ0v) is 12.6. The minimum atomic E-state index is 0.528. The monoisotopic (exact) mass is 287 g/mol. The van der Waals surface area contributed by atoms with Gasteiger partial charge >= 0.3 is 0 Å². The van der Waals surface area contributed by atoms with E-state index in [0.717, 1.165) is 42.3 Å². The molecule has 0 bridgehead atoms. The summed E-state index contributed by atoms with van der Waals surface area (Å²) in [5.74, 6) is 1.97. The summed E-state index contributed by atoms with van der Waals surface area (Å²) in [6.45, 7) is 3.04. The van der Waals surface area contributed by atoms with Gasteiger partial charge in [0.25, 0.3) is 5.89 Å². The molecular formula is C16H21N3O2. The summed E-state index contributed by atoms with van der Waals surface area (Å²) in [5, 5.41) is 11.8. The predicted octanol–water partition coefficient (Wildman–Crippen LogP) is 2.74. The van der Waals surface area contributed by atoms with E-state index in [0.29, 0.717) is 11.8 Å². The van der Waals surface area contributed by atoms with Crippen molar-refractivity contribution in [1.29, 1.82) is 0 Å². The molecule has 1 aliphatic rings. The molecule has 112 valence electrons. The molecule has 1 fully saturated rings. The van der Waals surface area contributed by atoms with Crippen molar-refractivity contribution in [2.45, 2.75) is 38.6 Å². The summed E-state index contributed by atoms with van der Waals surface area (Å²) in [6, 6.07) is 6.68. The zero-order chi connectivity index (χ0) is 14.7. The van der Waals surface area contributed by atoms with Crippen LogP contribution in [0.25, 0.3) is 11.5 Å². The summed E-state index contributed by atoms with van der Waals surface area (Å²) < 4.78 is 11.1. The molecule has 0 atom stereocenters. The molecule has 3 rings (SSSR count). The highest BCUT2D eigenvalue weighted by Gasteiger charge is 2.19. The van der Waals surface area contributed by atoms with Gasteiger partial charge < -0.3 is 14.5 Å². The number of rotatable bonds is 7. The van der Waals surface area contributed by atoms with E-state index in [9.17, 15) is 0 Å². The smallest absolute Gasteiger partial charge is 0.251 e. The molecular weight excluding hydrogens is 266 g/mol. The van der Waals surface area contributed by atoms with Crippen LogP contribution in [0.4, 0.5) is 0 Å². The fourth-order valence-corrected chi connectivity index (χ4v) is 2.29. The van der Waals surface area contributed by atoms with E-state index in [4.69, 9.17) is 9.15 Å². The van der Waals surface area contributed by atoms with Crippen molar-refractivity contribution in [2.24, 2.45) is 0 Å². The first-order chi connectivity index (χ1) is 10.3. The zero-order valence-electron chi connectivity index (χ0n) is 12.6. The van der Waals surface area contributed by atoms with Crippen molar-refractivity contribution in [3.63, 3.8) is 0 Å². The molecule has 1 saturated carbocycles. The van der Waals surface area contributed by atoms with Crippen LogP contribution in [-0.4, -0.2) is 29.9 Å². The van der Waals surface area contributed by atoms with Gasteiger partial charge in [-0.15, -0.1) is 10.2 Å². The number of nitrogens with zero attached hydrogens (tertiary/aromatic N) is 2. The lowest BCUT2D eigenvalue weighted by Gasteiger charge is -2.05. The second-order valence-electron chi connectivity index (χ2n) is 5.54. The Morgan fingerprint density at radius 2 is 2.19 bits per heavy atom. The fraction of sp³-hybridized carbons (Fsp3) is 0.500. The quantitative estimate of drug-likeness (QED) is 0.793. The third kappa shape index (κ3) is 3.61. The number of ether oxygens (including phenoxy) is 1. The van der Waals surface area contributed by atoms with Crippen molar-refractivity contribution in [3.8, 4) is 17.2 Å². The van der Waals surface area contributed by atoms with Gasteiger partial charge in [0, 0.05) is 12.5 Å². The van der Waals surface area contributed by atoms with E-state index < -0.39 is 0 Å². The Balaban J connectivity index is 1.64. The fourth-order valence-electron chi connectivity index (χ4n) is 2.29. The standard InChI is InChI=1S/C16H21N3O2/c1-11-5-8-14(20-2)13(10-11)16-19-18-15(21-16)4-3-9-17-12-6-7-12/h5,8,10,12,17H,3-4,6-7,9H2,1-2H3. The number of aromatic nitrogens is 2. The van der Waals surface area contributed by atoms with Crippen LogP contribution in [0.1, 0.15) is 30.7 Å². The summed E-state index contributed by atoms with van der Waals surface area (Å²) in [5.41, 5.74) is 1.99. The van der Waals surface area contributed by atoms with E-state index in [1.807, 2.05) is 25.1 Å². The number of benzene rings is 1. The molecule has 21 heavy (non-hydrogen) atoms. The Bertz CT molecular complexity index is 605. The van der Waals surface area contributed by atoms with Gasteiger partial charge in [-0.05, 0) is 44.9 Å². The Hall–Kier alpha value is -1.88. The third-order valence-corrected chi connectivity index (χ3v) is 3.63. The Kier molecular flexibility index (Phi) is 4.20. The van der Waals surface area contributed by atoms with Crippen LogP contribution < -0.4 is 10.1 Å². The van der Waals surface area contributed by atoms with Gasteiger partial charge in [0.15, 0.2) is 0 Å². The average Bonchev–Trinajstić information content (AvgIpc) is 3.20. The molecule has 5 heteroatoms. The van der Waals surface area contributed by atoms with Crippen LogP contribution in [0.5, 0.6) is 5.75 Å². The highest BCUT2D eigenvalue weighted by atomic mass is 16.5. The molecule has 0 spiro atoms. The second kappa shape index (κ2) is 6.26. The maximum absolute atomic E-state index is 5.76. The third-order valence-electron chi connectivity index (χ3n) is 3.63. The lowest BCUT2D eigenvalue weighted by Crippen LogP contribution is -2.17. The highest BCUT2D eigenvalue weighted by molar-refractivity contribution is 5.63. The van der Waals surface area contributed by atoms with E-state index in [1.165, 1.54) is 12.8 Å². The molecule has 1 heterocycles. The number of methoxy groups -OCH3 is 1. The SMILES string of the molecule is COc1ccc(C)cc1-c1nnc(CCCNC2CC2)o1. The molecule has 0 amide bonds. The molecule has 2 aromatic rings. The predicted molar refractivity (Wildman–Crippen MR) is 80.4 cm³/mol. The van der Waals surface area contributed by atoms with Crippen LogP contribution in [0.15, 0.2) is 22.6 Å². The molecule has 0 saturated heterocycles. The van der Waals surface area contributed by atoms with Crippen molar-refractivity contribution in [3.05, 3.63) is 29.7 Å². The first kappa shape index (κ1) is 14.1. The van der Waals surface area contributed by atoms with Crippen molar-refractivity contribution < 1.29 is 9.15 Å². The lowest BCUT2D eigenvalue weighted by atomic mass is 10.1. The van der Waals surface area contributed by atoms with Gasteiger partial charge in [0.05, 0.1) is 12.7 Å². The lowest BCUT2D eigenvalue weighted by molar-refractivity contribution is 0.413. The van der Waals surface area contributed by atoms with E-state index >= 15 is 0 Å². The highest BCUT2D eigenvalue weighted by Crippen LogP contribution is 2.29. The van der Waals surface area contributed by atoms with Gasteiger partial charge in [-0.2, -0.15) is 0 Å². The average molecular weight is 287 g/mol. The van der Waals surface area contributed by atoms with Crippen LogP contribution in [0.2, 0.25) is 0 Å². The number of hydrogen-bond donors (Lipinski definition) is 1. The molecule has 0 unspecified atom stereocenters. The van der Waals surface area contributed by atoms with Gasteiger partial charge in [-0.1, -0.05) is 11.6 Å². The summed E-state index contributed by atoms with van der Waals surface area (Å²) >= 11 is 0. The minimum Gasteiger partial charge on any atom is -0.496 e. The molecule has 1 aromatic carbocycles. The maximum Gasteiger partial charge on any atom is 0.251 e. The van der Waals surface area contributed by atoms with Crippen LogP contribution in [-0.2, 0) is 6.42 Å². The van der Waals surface area contributed by atoms with E-state index in [2.05, 4.69) is 15.5 Å². The van der Waals surface area contributed by atoms with Crippen molar-refractivity contribution in [2.75, 3.05) is 13.7 Å². The summed E-state index contributed by atoms with van der Waals surface area (Å²) in [7, 11) is 1.65. The minimum absolute atomic E-state index is 0.528. The van der Waals surface area contributed by atoms with Crippen LogP contribution >= 0.6 is 0 Å². The Labute approximate surface area is 124 Å². The molecule has 5 nitrogen and oxygen atoms in total. The van der Waals surface area contributed by atoms with Gasteiger partial charge in [-0.25, -0.2) is 0 Å². The number of nitrogens with one attached hydrogen (secondary N) is 1.